The first kappa shape index (κ1) is 15.5. The third-order valence-electron chi connectivity index (χ3n) is 5.70. The van der Waals surface area contributed by atoms with Crippen LogP contribution in [0.1, 0.15) is 50.5 Å². The summed E-state index contributed by atoms with van der Waals surface area (Å²) in [5.74, 6) is 0.833. The van der Waals surface area contributed by atoms with Crippen LogP contribution < -0.4 is 0 Å². The number of rotatable bonds is 4. The summed E-state index contributed by atoms with van der Waals surface area (Å²) >= 11 is 0. The van der Waals surface area contributed by atoms with Crippen molar-refractivity contribution in [3.63, 3.8) is 0 Å². The van der Waals surface area contributed by atoms with E-state index in [-0.39, 0.29) is 0 Å². The average Bonchev–Trinajstić information content (AvgIpc) is 2.92. The highest BCUT2D eigenvalue weighted by Crippen LogP contribution is 2.37. The van der Waals surface area contributed by atoms with Crippen molar-refractivity contribution in [3.05, 3.63) is 35.9 Å². The number of carbonyl (C=O) groups is 1. The molecule has 0 radical (unpaired) electrons. The molecule has 0 spiro atoms. The van der Waals surface area contributed by atoms with Gasteiger partial charge >= 0.3 is 5.97 Å². The van der Waals surface area contributed by atoms with E-state index < -0.39 is 11.4 Å². The predicted molar refractivity (Wildman–Crippen MR) is 87.9 cm³/mol. The number of likely N-dealkylation sites (tertiary alicyclic amines) is 1. The lowest BCUT2D eigenvalue weighted by Crippen LogP contribution is -2.34. The van der Waals surface area contributed by atoms with Gasteiger partial charge in [-0.1, -0.05) is 30.3 Å². The van der Waals surface area contributed by atoms with Crippen LogP contribution in [0, 0.1) is 11.3 Å². The molecule has 3 nitrogen and oxygen atoms in total. The molecule has 1 saturated carbocycles. The van der Waals surface area contributed by atoms with Crippen LogP contribution in [0.4, 0.5) is 0 Å². The second-order valence-corrected chi connectivity index (χ2v) is 7.48. The summed E-state index contributed by atoms with van der Waals surface area (Å²) in [6, 6.07) is 10.9. The van der Waals surface area contributed by atoms with E-state index in [1.807, 2.05) is 6.92 Å². The van der Waals surface area contributed by atoms with Crippen molar-refractivity contribution in [3.8, 4) is 0 Å². The van der Waals surface area contributed by atoms with E-state index in [1.165, 1.54) is 31.2 Å². The summed E-state index contributed by atoms with van der Waals surface area (Å²) in [6.07, 6.45) is 5.90. The van der Waals surface area contributed by atoms with Gasteiger partial charge in [0.1, 0.15) is 0 Å². The minimum Gasteiger partial charge on any atom is -0.481 e. The van der Waals surface area contributed by atoms with Crippen molar-refractivity contribution in [2.75, 3.05) is 19.6 Å². The maximum Gasteiger partial charge on any atom is 0.310 e. The largest absolute Gasteiger partial charge is 0.481 e. The smallest absolute Gasteiger partial charge is 0.310 e. The van der Waals surface area contributed by atoms with Crippen LogP contribution in [0.15, 0.2) is 30.3 Å². The number of hydrogen-bond acceptors (Lipinski definition) is 2. The lowest BCUT2D eigenvalue weighted by molar-refractivity contribution is -0.147. The van der Waals surface area contributed by atoms with Crippen molar-refractivity contribution in [1.29, 1.82) is 0 Å². The molecule has 120 valence electrons. The summed E-state index contributed by atoms with van der Waals surface area (Å²) in [5.41, 5.74) is 0.960. The molecule has 1 unspecified atom stereocenters. The predicted octanol–water partition coefficient (Wildman–Crippen LogP) is 3.76. The van der Waals surface area contributed by atoms with Gasteiger partial charge in [0.05, 0.1) is 5.41 Å². The molecule has 1 aromatic carbocycles. The summed E-state index contributed by atoms with van der Waals surface area (Å²) < 4.78 is 0. The van der Waals surface area contributed by atoms with E-state index in [0.717, 1.165) is 37.9 Å². The number of hydrogen-bond donors (Lipinski definition) is 1. The third kappa shape index (κ3) is 3.35. The Morgan fingerprint density at radius 1 is 1.23 bits per heavy atom. The average molecular weight is 301 g/mol. The van der Waals surface area contributed by atoms with E-state index in [1.54, 1.807) is 0 Å². The highest BCUT2D eigenvalue weighted by molar-refractivity contribution is 5.74. The van der Waals surface area contributed by atoms with Gasteiger partial charge in [0.2, 0.25) is 0 Å². The lowest BCUT2D eigenvalue weighted by atomic mass is 9.78. The van der Waals surface area contributed by atoms with Gasteiger partial charge in [-0.05, 0) is 63.0 Å². The van der Waals surface area contributed by atoms with Gasteiger partial charge in [0.25, 0.3) is 0 Å². The Balaban J connectivity index is 1.48. The van der Waals surface area contributed by atoms with Crippen LogP contribution in [0.3, 0.4) is 0 Å². The topological polar surface area (TPSA) is 40.5 Å². The second kappa shape index (κ2) is 6.41. The van der Waals surface area contributed by atoms with Gasteiger partial charge in [0, 0.05) is 13.1 Å². The normalized spacial score (nSPS) is 33.0. The molecule has 0 amide bonds. The van der Waals surface area contributed by atoms with Gasteiger partial charge in [-0.3, -0.25) is 4.79 Å². The SMILES string of the molecule is CC1(C(=O)O)CCN(CC2CCC(c3ccccc3)CC2)C1. The maximum absolute atomic E-state index is 11.3. The Hall–Kier alpha value is -1.35. The molecule has 1 atom stereocenters. The molecule has 1 aliphatic carbocycles. The molecule has 1 heterocycles. The van der Waals surface area contributed by atoms with Gasteiger partial charge < -0.3 is 10.0 Å². The first-order chi connectivity index (χ1) is 10.6. The first-order valence-corrected chi connectivity index (χ1v) is 8.57. The summed E-state index contributed by atoms with van der Waals surface area (Å²) in [5, 5.41) is 9.33. The highest BCUT2D eigenvalue weighted by Gasteiger charge is 2.40. The molecule has 1 aliphatic heterocycles. The second-order valence-electron chi connectivity index (χ2n) is 7.48. The van der Waals surface area contributed by atoms with Crippen LogP contribution in [-0.2, 0) is 4.79 Å². The monoisotopic (exact) mass is 301 g/mol. The van der Waals surface area contributed by atoms with E-state index in [2.05, 4.69) is 35.2 Å². The van der Waals surface area contributed by atoms with Gasteiger partial charge in [-0.2, -0.15) is 0 Å². The van der Waals surface area contributed by atoms with E-state index in [9.17, 15) is 9.90 Å². The fraction of sp³-hybridized carbons (Fsp3) is 0.632. The number of carboxylic acids is 1. The molecule has 0 bridgehead atoms. The zero-order chi connectivity index (χ0) is 15.6. The minimum atomic E-state index is -0.636. The molecule has 3 rings (SSSR count). The van der Waals surface area contributed by atoms with E-state index in [4.69, 9.17) is 0 Å². The fourth-order valence-electron chi connectivity index (χ4n) is 4.16. The quantitative estimate of drug-likeness (QED) is 0.920. The van der Waals surface area contributed by atoms with Crippen LogP contribution in [0.2, 0.25) is 0 Å². The summed E-state index contributed by atoms with van der Waals surface area (Å²) in [4.78, 5) is 13.7. The van der Waals surface area contributed by atoms with Crippen LogP contribution in [-0.4, -0.2) is 35.6 Å². The van der Waals surface area contributed by atoms with Crippen molar-refractivity contribution in [2.24, 2.45) is 11.3 Å². The van der Waals surface area contributed by atoms with Crippen molar-refractivity contribution in [1.82, 2.24) is 4.90 Å². The van der Waals surface area contributed by atoms with Crippen LogP contribution in [0.5, 0.6) is 0 Å². The molecule has 22 heavy (non-hydrogen) atoms. The standard InChI is InChI=1S/C19H27NO2/c1-19(18(21)22)11-12-20(14-19)13-15-7-9-17(10-8-15)16-5-3-2-4-6-16/h2-6,15,17H,7-14H2,1H3,(H,21,22). The van der Waals surface area contributed by atoms with E-state index in [0.29, 0.717) is 0 Å². The maximum atomic E-state index is 11.3. The molecule has 3 heteroatoms. The number of aliphatic carboxylic acids is 1. The molecule has 2 fully saturated rings. The van der Waals surface area contributed by atoms with Crippen LogP contribution >= 0.6 is 0 Å². The Bertz CT molecular complexity index is 507. The molecule has 1 N–H and O–H groups in total. The Morgan fingerprint density at radius 2 is 1.91 bits per heavy atom. The molecule has 0 aromatic heterocycles. The Morgan fingerprint density at radius 3 is 2.50 bits per heavy atom. The Labute approximate surface area is 133 Å². The fourth-order valence-corrected chi connectivity index (χ4v) is 4.16. The van der Waals surface area contributed by atoms with Gasteiger partial charge in [-0.15, -0.1) is 0 Å². The molecule has 1 aromatic rings. The van der Waals surface area contributed by atoms with Crippen molar-refractivity contribution in [2.45, 2.75) is 44.9 Å². The summed E-state index contributed by atoms with van der Waals surface area (Å²) in [7, 11) is 0. The Kier molecular flexibility index (Phi) is 4.53. The van der Waals surface area contributed by atoms with Gasteiger partial charge in [0.15, 0.2) is 0 Å². The number of benzene rings is 1. The van der Waals surface area contributed by atoms with Crippen molar-refractivity contribution < 1.29 is 9.90 Å². The zero-order valence-electron chi connectivity index (χ0n) is 13.5. The number of carboxylic acid groups (broad SMARTS) is 1. The molecular formula is C19H27NO2. The van der Waals surface area contributed by atoms with Crippen LogP contribution in [0.25, 0.3) is 0 Å². The lowest BCUT2D eigenvalue weighted by Gasteiger charge is -2.31. The number of nitrogens with zero attached hydrogens (tertiary/aromatic N) is 1. The minimum absolute atomic E-state index is 0.527. The highest BCUT2D eigenvalue weighted by atomic mass is 16.4. The third-order valence-corrected chi connectivity index (χ3v) is 5.70. The molecule has 2 aliphatic rings. The van der Waals surface area contributed by atoms with E-state index >= 15 is 0 Å². The molecular weight excluding hydrogens is 274 g/mol. The summed E-state index contributed by atoms with van der Waals surface area (Å²) in [6.45, 7) is 4.65. The first-order valence-electron chi connectivity index (χ1n) is 8.57. The zero-order valence-corrected chi connectivity index (χ0v) is 13.5. The van der Waals surface area contributed by atoms with Crippen molar-refractivity contribution >= 4 is 5.97 Å². The van der Waals surface area contributed by atoms with Gasteiger partial charge in [-0.25, -0.2) is 0 Å². The molecule has 1 saturated heterocycles.